The Morgan fingerprint density at radius 3 is 2.47 bits per heavy atom. The van der Waals surface area contributed by atoms with E-state index in [-0.39, 0.29) is 34.5 Å². The fourth-order valence-electron chi connectivity index (χ4n) is 1.14. The zero-order chi connectivity index (χ0) is 10.8. The molecule has 2 N–H and O–H groups in total. The van der Waals surface area contributed by atoms with Crippen LogP contribution in [0.2, 0.25) is 0 Å². The zero-order valence-corrected chi connectivity index (χ0v) is 11.9. The van der Waals surface area contributed by atoms with E-state index in [4.69, 9.17) is 4.55 Å². The van der Waals surface area contributed by atoms with E-state index in [1.54, 1.807) is 6.07 Å². The third kappa shape index (κ3) is 4.12. The summed E-state index contributed by atoms with van der Waals surface area (Å²) >= 11 is 0. The Kier molecular flexibility index (Phi) is 5.84. The van der Waals surface area contributed by atoms with Gasteiger partial charge in [0.05, 0.1) is 4.90 Å². The maximum Gasteiger partial charge on any atom is 0.294 e. The van der Waals surface area contributed by atoms with Gasteiger partial charge in [0, 0.05) is 41.8 Å². The Morgan fingerprint density at radius 1 is 1.40 bits per heavy atom. The Balaban J connectivity index is 0.00000196. The van der Waals surface area contributed by atoms with E-state index in [1.165, 1.54) is 12.1 Å². The van der Waals surface area contributed by atoms with Crippen molar-refractivity contribution in [2.75, 3.05) is 11.9 Å². The molecule has 0 atom stereocenters. The summed E-state index contributed by atoms with van der Waals surface area (Å²) in [6.07, 6.45) is 0. The fourth-order valence-corrected chi connectivity index (χ4v) is 1.65. The van der Waals surface area contributed by atoms with Crippen LogP contribution in [0.25, 0.3) is 0 Å². The molecule has 0 heterocycles. The van der Waals surface area contributed by atoms with Crippen LogP contribution in [-0.2, 0) is 10.1 Å². The Hall–Kier alpha value is -0.0700. The molecule has 0 amide bonds. The number of aryl methyl sites for hydroxylation is 1. The van der Waals surface area contributed by atoms with Gasteiger partial charge in [-0.1, -0.05) is 6.07 Å². The third-order valence-electron chi connectivity index (χ3n) is 1.87. The predicted molar refractivity (Wildman–Crippen MR) is 60.9 cm³/mol. The molecule has 79 valence electrons. The summed E-state index contributed by atoms with van der Waals surface area (Å²) in [4.78, 5) is -0.0842. The number of hydrogen-bond acceptors (Lipinski definition) is 3. The quantitative estimate of drug-likeness (QED) is 0.615. The van der Waals surface area contributed by atoms with Crippen molar-refractivity contribution >= 4 is 45.4 Å². The zero-order valence-electron chi connectivity index (χ0n) is 9.11. The molecule has 0 aliphatic heterocycles. The maximum atomic E-state index is 10.8. The molecule has 0 aliphatic carbocycles. The van der Waals surface area contributed by atoms with Crippen LogP contribution in [0, 0.1) is 6.92 Å². The smallest absolute Gasteiger partial charge is 0.294 e. The van der Waals surface area contributed by atoms with Gasteiger partial charge in [0.2, 0.25) is 0 Å². The maximum absolute atomic E-state index is 10.8. The van der Waals surface area contributed by atoms with Crippen LogP contribution in [0.1, 0.15) is 12.5 Å². The molecule has 1 aromatic rings. The normalized spacial score (nSPS) is 10.6. The van der Waals surface area contributed by atoms with Gasteiger partial charge in [-0.05, 0) is 31.5 Å². The van der Waals surface area contributed by atoms with Gasteiger partial charge in [0.25, 0.3) is 10.1 Å². The second-order valence-corrected chi connectivity index (χ2v) is 4.40. The van der Waals surface area contributed by atoms with Gasteiger partial charge in [-0.2, -0.15) is 8.42 Å². The minimum atomic E-state index is -4.10. The number of benzene rings is 1. The Bertz CT molecular complexity index is 431. The van der Waals surface area contributed by atoms with Crippen molar-refractivity contribution in [3.05, 3.63) is 23.8 Å². The van der Waals surface area contributed by atoms with E-state index in [0.29, 0.717) is 6.54 Å². The molecule has 0 aromatic heterocycles. The molecule has 15 heavy (non-hydrogen) atoms. The monoisotopic (exact) mass is 238 g/mol. The molecule has 0 saturated carbocycles. The van der Waals surface area contributed by atoms with Crippen LogP contribution in [0.3, 0.4) is 0 Å². The predicted octanol–water partition coefficient (Wildman–Crippen LogP) is 1.29. The van der Waals surface area contributed by atoms with Crippen molar-refractivity contribution in [2.24, 2.45) is 0 Å². The van der Waals surface area contributed by atoms with E-state index in [9.17, 15) is 8.42 Å². The molecule has 0 fully saturated rings. The van der Waals surface area contributed by atoms with Crippen molar-refractivity contribution in [1.29, 1.82) is 0 Å². The Labute approximate surface area is 112 Å². The van der Waals surface area contributed by atoms with Crippen LogP contribution < -0.4 is 5.32 Å². The van der Waals surface area contributed by atoms with Gasteiger partial charge in [-0.3, -0.25) is 4.55 Å². The van der Waals surface area contributed by atoms with Crippen LogP contribution >= 0.6 is 0 Å². The summed E-state index contributed by atoms with van der Waals surface area (Å²) in [5, 5.41) is 3.01. The third-order valence-corrected chi connectivity index (χ3v) is 2.72. The van der Waals surface area contributed by atoms with Crippen LogP contribution in [0.4, 0.5) is 5.69 Å². The molecule has 1 radical (unpaired) electrons. The summed E-state index contributed by atoms with van der Waals surface area (Å²) in [6.45, 7) is 4.49. The van der Waals surface area contributed by atoms with Gasteiger partial charge in [-0.15, -0.1) is 0 Å². The number of anilines is 1. The Morgan fingerprint density at radius 2 is 2.00 bits per heavy atom. The second kappa shape index (κ2) is 5.86. The molecular weight excluding hydrogens is 225 g/mol. The molecule has 6 heteroatoms. The fraction of sp³-hybridized carbons (Fsp3) is 0.333. The van der Waals surface area contributed by atoms with Gasteiger partial charge in [0.1, 0.15) is 0 Å². The number of nitrogens with one attached hydrogen (secondary N) is 1. The van der Waals surface area contributed by atoms with Gasteiger partial charge >= 0.3 is 0 Å². The number of rotatable bonds is 3. The average Bonchev–Trinajstić information content (AvgIpc) is 2.07. The summed E-state index contributed by atoms with van der Waals surface area (Å²) < 4.78 is 30.5. The summed E-state index contributed by atoms with van der Waals surface area (Å²) in [5.41, 5.74) is 1.67. The standard InChI is InChI=1S/C9H13NO3S.Na/c1-3-10-9-6-8(14(11,12)13)5-4-7(9)2;/h4-6,10H,3H2,1-2H3,(H,11,12,13);. The summed E-state index contributed by atoms with van der Waals surface area (Å²) in [6, 6.07) is 4.46. The molecule has 0 spiro atoms. The molecule has 1 rings (SSSR count). The minimum absolute atomic E-state index is 0. The average molecular weight is 238 g/mol. The molecule has 4 nitrogen and oxygen atoms in total. The van der Waals surface area contributed by atoms with E-state index in [2.05, 4.69) is 5.32 Å². The molecule has 0 bridgehead atoms. The van der Waals surface area contributed by atoms with Gasteiger partial charge in [-0.25, -0.2) is 0 Å². The second-order valence-electron chi connectivity index (χ2n) is 2.98. The first kappa shape index (κ1) is 14.9. The van der Waals surface area contributed by atoms with Crippen molar-refractivity contribution in [3.8, 4) is 0 Å². The first-order chi connectivity index (χ1) is 6.45. The molecule has 0 aliphatic rings. The van der Waals surface area contributed by atoms with Crippen molar-refractivity contribution in [3.63, 3.8) is 0 Å². The molecule has 1 aromatic carbocycles. The largest absolute Gasteiger partial charge is 0.385 e. The summed E-state index contributed by atoms with van der Waals surface area (Å²) in [7, 11) is -4.10. The first-order valence-electron chi connectivity index (χ1n) is 4.27. The minimum Gasteiger partial charge on any atom is -0.385 e. The molecule has 0 saturated heterocycles. The van der Waals surface area contributed by atoms with E-state index >= 15 is 0 Å². The number of hydrogen-bond donors (Lipinski definition) is 2. The van der Waals surface area contributed by atoms with Crippen molar-refractivity contribution in [1.82, 2.24) is 0 Å². The van der Waals surface area contributed by atoms with E-state index in [0.717, 1.165) is 11.3 Å². The van der Waals surface area contributed by atoms with Gasteiger partial charge in [0.15, 0.2) is 0 Å². The van der Waals surface area contributed by atoms with E-state index < -0.39 is 10.1 Å². The molecule has 0 unspecified atom stereocenters. The molecular formula is C9H13NNaO3S. The van der Waals surface area contributed by atoms with Crippen molar-refractivity contribution < 1.29 is 13.0 Å². The van der Waals surface area contributed by atoms with Crippen molar-refractivity contribution in [2.45, 2.75) is 18.7 Å². The SMILES string of the molecule is CCNc1cc(S(=O)(=O)O)ccc1C.[Na]. The van der Waals surface area contributed by atoms with Crippen LogP contribution in [0.5, 0.6) is 0 Å². The van der Waals surface area contributed by atoms with Gasteiger partial charge < -0.3 is 5.32 Å². The van der Waals surface area contributed by atoms with Crippen LogP contribution in [-0.4, -0.2) is 49.1 Å². The summed E-state index contributed by atoms with van der Waals surface area (Å²) in [5.74, 6) is 0. The topological polar surface area (TPSA) is 66.4 Å². The van der Waals surface area contributed by atoms with Crippen LogP contribution in [0.15, 0.2) is 23.1 Å². The van der Waals surface area contributed by atoms with E-state index in [1.807, 2.05) is 13.8 Å². The first-order valence-corrected chi connectivity index (χ1v) is 5.71.